The second-order valence-electron chi connectivity index (χ2n) is 5.93. The molecule has 2 saturated heterocycles. The lowest BCUT2D eigenvalue weighted by atomic mass is 9.84. The fourth-order valence-electron chi connectivity index (χ4n) is 3.76. The van der Waals surface area contributed by atoms with Gasteiger partial charge in [0.25, 0.3) is 0 Å². The van der Waals surface area contributed by atoms with Gasteiger partial charge in [0, 0.05) is 19.1 Å². The van der Waals surface area contributed by atoms with Crippen LogP contribution in [0.3, 0.4) is 0 Å². The number of nitrogens with zero attached hydrogens (tertiary/aromatic N) is 3. The Morgan fingerprint density at radius 3 is 2.95 bits per heavy atom. The first-order valence-electron chi connectivity index (χ1n) is 7.34. The van der Waals surface area contributed by atoms with Crippen molar-refractivity contribution < 1.29 is 4.39 Å². The Hall–Kier alpha value is -1.60. The van der Waals surface area contributed by atoms with E-state index in [1.165, 1.54) is 25.5 Å². The number of anilines is 1. The van der Waals surface area contributed by atoms with Crippen molar-refractivity contribution >= 4 is 5.69 Å². The summed E-state index contributed by atoms with van der Waals surface area (Å²) in [5.41, 5.74) is 0.953. The van der Waals surface area contributed by atoms with Crippen LogP contribution in [0.15, 0.2) is 18.2 Å². The van der Waals surface area contributed by atoms with E-state index in [9.17, 15) is 9.65 Å². The maximum absolute atomic E-state index is 13.7. The fraction of sp³-hybridized carbons (Fsp3) is 0.562. The standard InChI is InChI=1S/C16H20FN3/c1-19-8-3-4-12-11-20(9-7-15(12)19)16-6-2-5-14(17)13(16)10-18/h2,5-6,12,15H,3-4,7-9,11H2,1H3. The molecule has 0 bridgehead atoms. The molecule has 2 atom stereocenters. The number of halogens is 1. The average Bonchev–Trinajstić information content (AvgIpc) is 2.47. The van der Waals surface area contributed by atoms with Crippen molar-refractivity contribution in [1.82, 2.24) is 4.90 Å². The van der Waals surface area contributed by atoms with Crippen LogP contribution in [0.4, 0.5) is 10.1 Å². The van der Waals surface area contributed by atoms with Gasteiger partial charge in [0.2, 0.25) is 0 Å². The lowest BCUT2D eigenvalue weighted by Crippen LogP contribution is -2.52. The number of benzene rings is 1. The van der Waals surface area contributed by atoms with Crippen molar-refractivity contribution in [2.24, 2.45) is 5.92 Å². The zero-order valence-electron chi connectivity index (χ0n) is 11.8. The molecule has 2 unspecified atom stereocenters. The second-order valence-corrected chi connectivity index (χ2v) is 5.93. The minimum absolute atomic E-state index is 0.190. The second kappa shape index (κ2) is 5.41. The van der Waals surface area contributed by atoms with Gasteiger partial charge in [-0.1, -0.05) is 6.07 Å². The van der Waals surface area contributed by atoms with Gasteiger partial charge in [0.1, 0.15) is 17.4 Å². The van der Waals surface area contributed by atoms with E-state index in [1.807, 2.05) is 12.1 Å². The highest BCUT2D eigenvalue weighted by Crippen LogP contribution is 2.33. The van der Waals surface area contributed by atoms with Gasteiger partial charge < -0.3 is 9.80 Å². The Balaban J connectivity index is 1.83. The maximum atomic E-state index is 13.7. The topological polar surface area (TPSA) is 30.3 Å². The van der Waals surface area contributed by atoms with Gasteiger partial charge in [0.05, 0.1) is 5.69 Å². The van der Waals surface area contributed by atoms with E-state index < -0.39 is 5.82 Å². The van der Waals surface area contributed by atoms with Crippen LogP contribution in [0.1, 0.15) is 24.8 Å². The van der Waals surface area contributed by atoms with Gasteiger partial charge in [-0.25, -0.2) is 4.39 Å². The minimum Gasteiger partial charge on any atom is -0.370 e. The van der Waals surface area contributed by atoms with Crippen LogP contribution < -0.4 is 4.90 Å². The molecule has 0 spiro atoms. The number of rotatable bonds is 1. The summed E-state index contributed by atoms with van der Waals surface area (Å²) in [6.45, 7) is 3.03. The first-order chi connectivity index (χ1) is 9.70. The highest BCUT2D eigenvalue weighted by atomic mass is 19.1. The van der Waals surface area contributed by atoms with Crippen LogP contribution in [0.2, 0.25) is 0 Å². The Labute approximate surface area is 119 Å². The van der Waals surface area contributed by atoms with Crippen LogP contribution >= 0.6 is 0 Å². The number of hydrogen-bond donors (Lipinski definition) is 0. The Morgan fingerprint density at radius 2 is 2.15 bits per heavy atom. The predicted molar refractivity (Wildman–Crippen MR) is 77.1 cm³/mol. The van der Waals surface area contributed by atoms with Gasteiger partial charge in [-0.3, -0.25) is 0 Å². The molecule has 0 radical (unpaired) electrons. The molecule has 3 rings (SSSR count). The molecule has 0 aromatic heterocycles. The third kappa shape index (κ3) is 2.27. The highest BCUT2D eigenvalue weighted by molar-refractivity contribution is 5.60. The molecular weight excluding hydrogens is 253 g/mol. The van der Waals surface area contributed by atoms with Crippen molar-refractivity contribution in [1.29, 1.82) is 5.26 Å². The molecule has 2 heterocycles. The summed E-state index contributed by atoms with van der Waals surface area (Å²) in [6, 6.07) is 7.60. The van der Waals surface area contributed by atoms with Crippen LogP contribution in [0.5, 0.6) is 0 Å². The molecule has 2 aliphatic heterocycles. The summed E-state index contributed by atoms with van der Waals surface area (Å²) < 4.78 is 13.7. The lowest BCUT2D eigenvalue weighted by molar-refractivity contribution is 0.102. The van der Waals surface area contributed by atoms with Crippen molar-refractivity contribution in [2.45, 2.75) is 25.3 Å². The zero-order chi connectivity index (χ0) is 14.1. The minimum atomic E-state index is -0.409. The van der Waals surface area contributed by atoms with E-state index >= 15 is 0 Å². The molecule has 1 aromatic rings. The third-order valence-corrected chi connectivity index (χ3v) is 4.79. The number of likely N-dealkylation sites (tertiary alicyclic amines) is 1. The lowest BCUT2D eigenvalue weighted by Gasteiger charge is -2.46. The number of fused-ring (bicyclic) bond motifs is 1. The van der Waals surface area contributed by atoms with E-state index in [0.29, 0.717) is 12.0 Å². The molecular formula is C16H20FN3. The SMILES string of the molecule is CN1CCCC2CN(c3cccc(F)c3C#N)CCC21. The molecule has 4 heteroatoms. The quantitative estimate of drug-likeness (QED) is 0.788. The molecule has 0 N–H and O–H groups in total. The van der Waals surface area contributed by atoms with E-state index in [1.54, 1.807) is 6.07 Å². The largest absolute Gasteiger partial charge is 0.370 e. The first kappa shape index (κ1) is 13.4. The van der Waals surface area contributed by atoms with Crippen LogP contribution in [0.25, 0.3) is 0 Å². The number of nitriles is 1. The fourth-order valence-corrected chi connectivity index (χ4v) is 3.76. The molecule has 2 fully saturated rings. The molecule has 20 heavy (non-hydrogen) atoms. The summed E-state index contributed by atoms with van der Waals surface area (Å²) in [7, 11) is 2.20. The number of hydrogen-bond acceptors (Lipinski definition) is 3. The molecule has 0 amide bonds. The van der Waals surface area contributed by atoms with Gasteiger partial charge in [-0.2, -0.15) is 5.26 Å². The summed E-state index contributed by atoms with van der Waals surface area (Å²) in [4.78, 5) is 4.66. The third-order valence-electron chi connectivity index (χ3n) is 4.79. The average molecular weight is 273 g/mol. The van der Waals surface area contributed by atoms with Crippen LogP contribution in [-0.4, -0.2) is 37.6 Å². The Kier molecular flexibility index (Phi) is 3.62. The monoisotopic (exact) mass is 273 g/mol. The van der Waals surface area contributed by atoms with Crippen molar-refractivity contribution in [3.8, 4) is 6.07 Å². The summed E-state index contributed by atoms with van der Waals surface area (Å²) in [5.74, 6) is 0.227. The summed E-state index contributed by atoms with van der Waals surface area (Å²) in [5, 5.41) is 9.18. The molecule has 0 aliphatic carbocycles. The highest BCUT2D eigenvalue weighted by Gasteiger charge is 2.34. The predicted octanol–water partition coefficient (Wildman–Crippen LogP) is 2.62. The molecule has 3 nitrogen and oxygen atoms in total. The van der Waals surface area contributed by atoms with E-state index in [2.05, 4.69) is 16.8 Å². The summed E-state index contributed by atoms with van der Waals surface area (Å²) >= 11 is 0. The van der Waals surface area contributed by atoms with E-state index in [0.717, 1.165) is 25.2 Å². The first-order valence-corrected chi connectivity index (χ1v) is 7.34. The maximum Gasteiger partial charge on any atom is 0.143 e. The summed E-state index contributed by atoms with van der Waals surface area (Å²) in [6.07, 6.45) is 3.57. The van der Waals surface area contributed by atoms with Gasteiger partial charge in [-0.05, 0) is 50.9 Å². The molecule has 2 aliphatic rings. The van der Waals surface area contributed by atoms with E-state index in [4.69, 9.17) is 0 Å². The molecule has 0 saturated carbocycles. The Bertz CT molecular complexity index is 537. The number of piperidine rings is 2. The van der Waals surface area contributed by atoms with E-state index in [-0.39, 0.29) is 5.56 Å². The van der Waals surface area contributed by atoms with Gasteiger partial charge >= 0.3 is 0 Å². The normalized spacial score (nSPS) is 26.9. The van der Waals surface area contributed by atoms with Crippen LogP contribution in [-0.2, 0) is 0 Å². The van der Waals surface area contributed by atoms with Crippen molar-refractivity contribution in [2.75, 3.05) is 31.6 Å². The van der Waals surface area contributed by atoms with Crippen molar-refractivity contribution in [3.05, 3.63) is 29.6 Å². The molecule has 1 aromatic carbocycles. The van der Waals surface area contributed by atoms with Crippen molar-refractivity contribution in [3.63, 3.8) is 0 Å². The Morgan fingerprint density at radius 1 is 1.30 bits per heavy atom. The van der Waals surface area contributed by atoms with Gasteiger partial charge in [-0.15, -0.1) is 0 Å². The van der Waals surface area contributed by atoms with Gasteiger partial charge in [0.15, 0.2) is 0 Å². The smallest absolute Gasteiger partial charge is 0.143 e. The molecule has 106 valence electrons. The van der Waals surface area contributed by atoms with Crippen LogP contribution in [0, 0.1) is 23.1 Å². The zero-order valence-corrected chi connectivity index (χ0v) is 11.8.